The molecule has 0 radical (unpaired) electrons. The molecule has 0 saturated carbocycles. The van der Waals surface area contributed by atoms with Crippen molar-refractivity contribution in [2.45, 2.75) is 31.1 Å². The quantitative estimate of drug-likeness (QED) is 0.419. The lowest BCUT2D eigenvalue weighted by Crippen LogP contribution is -2.23. The molecule has 0 fully saturated rings. The summed E-state index contributed by atoms with van der Waals surface area (Å²) in [5.74, 6) is 0.871. The number of anilines is 1. The van der Waals surface area contributed by atoms with Crippen LogP contribution >= 0.6 is 35.0 Å². The molecule has 1 N–H and O–H groups in total. The van der Waals surface area contributed by atoms with E-state index in [9.17, 15) is 4.79 Å². The molecule has 0 aliphatic carbocycles. The molecule has 1 atom stereocenters. The molecule has 6 nitrogen and oxygen atoms in total. The minimum Gasteiger partial charge on any atom is -0.324 e. The second-order valence-corrected chi connectivity index (χ2v) is 9.05. The minimum atomic E-state index is -0.190. The van der Waals surface area contributed by atoms with Gasteiger partial charge in [-0.25, -0.2) is 0 Å². The molecule has 1 aromatic heterocycles. The first-order chi connectivity index (χ1) is 14.9. The molecule has 0 saturated heterocycles. The van der Waals surface area contributed by atoms with Gasteiger partial charge in [0.05, 0.1) is 29.0 Å². The minimum absolute atomic E-state index is 0.129. The molecule has 0 aliphatic heterocycles. The Morgan fingerprint density at radius 3 is 2.58 bits per heavy atom. The maximum atomic E-state index is 12.5. The fraction of sp³-hybridized carbons (Fsp3) is 0.318. The van der Waals surface area contributed by atoms with E-state index in [0.717, 1.165) is 17.8 Å². The highest BCUT2D eigenvalue weighted by atomic mass is 35.5. The van der Waals surface area contributed by atoms with Gasteiger partial charge in [0.25, 0.3) is 0 Å². The van der Waals surface area contributed by atoms with Gasteiger partial charge in [0.1, 0.15) is 0 Å². The maximum absolute atomic E-state index is 12.5. The summed E-state index contributed by atoms with van der Waals surface area (Å²) in [6.45, 7) is 2.76. The average Bonchev–Trinajstić information content (AvgIpc) is 3.12. The Hall–Kier alpha value is -2.06. The molecule has 0 aliphatic rings. The highest BCUT2D eigenvalue weighted by Crippen LogP contribution is 2.28. The highest BCUT2D eigenvalue weighted by Gasteiger charge is 2.22. The van der Waals surface area contributed by atoms with Crippen LogP contribution in [0.15, 0.2) is 53.7 Å². The van der Waals surface area contributed by atoms with E-state index < -0.39 is 0 Å². The lowest BCUT2D eigenvalue weighted by molar-refractivity contribution is -0.113. The molecule has 164 valence electrons. The van der Waals surface area contributed by atoms with Gasteiger partial charge >= 0.3 is 0 Å². The summed E-state index contributed by atoms with van der Waals surface area (Å²) in [5, 5.41) is 13.3. The molecule has 2 aromatic carbocycles. The SMILES string of the molecule is CCC(c1nnc(SCC(=O)Nc2cc(Cl)ccc2Cl)n1Cc1ccccc1)N(C)C. The Bertz CT molecular complexity index is 1030. The number of thioether (sulfide) groups is 1. The van der Waals surface area contributed by atoms with Crippen molar-refractivity contribution in [2.24, 2.45) is 0 Å². The van der Waals surface area contributed by atoms with Crippen LogP contribution < -0.4 is 5.32 Å². The summed E-state index contributed by atoms with van der Waals surface area (Å²) in [4.78, 5) is 14.7. The second-order valence-electron chi connectivity index (χ2n) is 7.26. The molecule has 0 bridgehead atoms. The van der Waals surface area contributed by atoms with Crippen molar-refractivity contribution in [3.05, 3.63) is 70.0 Å². The van der Waals surface area contributed by atoms with Crippen LogP contribution in [0.3, 0.4) is 0 Å². The van der Waals surface area contributed by atoms with Crippen LogP contribution in [0.5, 0.6) is 0 Å². The summed E-state index contributed by atoms with van der Waals surface area (Å²) < 4.78 is 2.09. The normalized spacial score (nSPS) is 12.2. The molecular formula is C22H25Cl2N5OS. The summed E-state index contributed by atoms with van der Waals surface area (Å²) in [6, 6.07) is 15.3. The predicted molar refractivity (Wildman–Crippen MR) is 128 cm³/mol. The number of amides is 1. The molecule has 9 heteroatoms. The Morgan fingerprint density at radius 2 is 1.90 bits per heavy atom. The second kappa shape index (κ2) is 11.0. The summed E-state index contributed by atoms with van der Waals surface area (Å²) >= 11 is 13.5. The summed E-state index contributed by atoms with van der Waals surface area (Å²) in [5.41, 5.74) is 1.64. The molecule has 3 rings (SSSR count). The molecular weight excluding hydrogens is 453 g/mol. The van der Waals surface area contributed by atoms with E-state index in [2.05, 4.69) is 44.0 Å². The van der Waals surface area contributed by atoms with Crippen LogP contribution in [0.4, 0.5) is 5.69 Å². The van der Waals surface area contributed by atoms with Gasteiger partial charge in [0.2, 0.25) is 5.91 Å². The molecule has 31 heavy (non-hydrogen) atoms. The van der Waals surface area contributed by atoms with E-state index in [4.69, 9.17) is 23.2 Å². The number of carbonyl (C=O) groups is 1. The molecule has 1 heterocycles. The monoisotopic (exact) mass is 477 g/mol. The van der Waals surface area contributed by atoms with Crippen LogP contribution in [-0.4, -0.2) is 45.4 Å². The van der Waals surface area contributed by atoms with Crippen LogP contribution in [0.25, 0.3) is 0 Å². The van der Waals surface area contributed by atoms with Crippen LogP contribution in [0.1, 0.15) is 30.8 Å². The molecule has 1 unspecified atom stereocenters. The van der Waals surface area contributed by atoms with E-state index >= 15 is 0 Å². The van der Waals surface area contributed by atoms with Gasteiger partial charge in [-0.3, -0.25) is 9.69 Å². The standard InChI is InChI=1S/C22H25Cl2N5OS/c1-4-19(28(2)3)21-26-27-22(29(21)13-15-8-6-5-7-9-15)31-14-20(30)25-18-12-16(23)10-11-17(18)24/h5-12,19H,4,13-14H2,1-3H3,(H,25,30). The van der Waals surface area contributed by atoms with Gasteiger partial charge in [-0.1, -0.05) is 72.2 Å². The van der Waals surface area contributed by atoms with Gasteiger partial charge < -0.3 is 9.88 Å². The number of nitrogens with one attached hydrogen (secondary N) is 1. The fourth-order valence-corrected chi connectivity index (χ4v) is 4.34. The zero-order valence-electron chi connectivity index (χ0n) is 17.7. The van der Waals surface area contributed by atoms with E-state index in [1.165, 1.54) is 11.8 Å². The first-order valence-corrected chi connectivity index (χ1v) is 11.6. The number of rotatable bonds is 9. The Kier molecular flexibility index (Phi) is 8.37. The van der Waals surface area contributed by atoms with Crippen molar-refractivity contribution in [1.82, 2.24) is 19.7 Å². The molecule has 0 spiro atoms. The van der Waals surface area contributed by atoms with E-state index in [1.807, 2.05) is 32.3 Å². The number of halogens is 2. The lowest BCUT2D eigenvalue weighted by atomic mass is 10.2. The third-order valence-electron chi connectivity index (χ3n) is 4.77. The van der Waals surface area contributed by atoms with Crippen molar-refractivity contribution in [3.8, 4) is 0 Å². The third kappa shape index (κ3) is 6.23. The summed E-state index contributed by atoms with van der Waals surface area (Å²) in [7, 11) is 4.06. The molecule has 3 aromatic rings. The number of benzene rings is 2. The Balaban J connectivity index is 1.79. The van der Waals surface area contributed by atoms with Crippen molar-refractivity contribution in [2.75, 3.05) is 25.2 Å². The van der Waals surface area contributed by atoms with Crippen molar-refractivity contribution in [3.63, 3.8) is 0 Å². The predicted octanol–water partition coefficient (Wildman–Crippen LogP) is 5.38. The zero-order valence-corrected chi connectivity index (χ0v) is 20.0. The van der Waals surface area contributed by atoms with Gasteiger partial charge in [-0.15, -0.1) is 10.2 Å². The third-order valence-corrected chi connectivity index (χ3v) is 6.30. The largest absolute Gasteiger partial charge is 0.324 e. The van der Waals surface area contributed by atoms with Crippen molar-refractivity contribution in [1.29, 1.82) is 0 Å². The van der Waals surface area contributed by atoms with Crippen LogP contribution in [0, 0.1) is 0 Å². The summed E-state index contributed by atoms with van der Waals surface area (Å²) in [6.07, 6.45) is 0.901. The lowest BCUT2D eigenvalue weighted by Gasteiger charge is -2.23. The van der Waals surface area contributed by atoms with Crippen molar-refractivity contribution < 1.29 is 4.79 Å². The first-order valence-electron chi connectivity index (χ1n) is 9.90. The number of aromatic nitrogens is 3. The van der Waals surface area contributed by atoms with Crippen LogP contribution in [-0.2, 0) is 11.3 Å². The van der Waals surface area contributed by atoms with Gasteiger partial charge in [-0.05, 0) is 44.3 Å². The van der Waals surface area contributed by atoms with E-state index in [0.29, 0.717) is 27.4 Å². The maximum Gasteiger partial charge on any atom is 0.234 e. The zero-order chi connectivity index (χ0) is 22.4. The topological polar surface area (TPSA) is 63.1 Å². The van der Waals surface area contributed by atoms with Crippen LogP contribution in [0.2, 0.25) is 10.0 Å². The fourth-order valence-electron chi connectivity index (χ4n) is 3.26. The van der Waals surface area contributed by atoms with Crippen molar-refractivity contribution >= 4 is 46.6 Å². The number of carbonyl (C=O) groups excluding carboxylic acids is 1. The van der Waals surface area contributed by atoms with E-state index in [1.54, 1.807) is 18.2 Å². The highest BCUT2D eigenvalue weighted by molar-refractivity contribution is 7.99. The average molecular weight is 478 g/mol. The Labute approximate surface area is 196 Å². The number of hydrogen-bond acceptors (Lipinski definition) is 5. The number of nitrogens with zero attached hydrogens (tertiary/aromatic N) is 4. The van der Waals surface area contributed by atoms with Gasteiger partial charge in [-0.2, -0.15) is 0 Å². The smallest absolute Gasteiger partial charge is 0.234 e. The molecule has 1 amide bonds. The van der Waals surface area contributed by atoms with E-state index in [-0.39, 0.29) is 17.7 Å². The van der Waals surface area contributed by atoms with Gasteiger partial charge in [0, 0.05) is 5.02 Å². The van der Waals surface area contributed by atoms with Gasteiger partial charge in [0.15, 0.2) is 11.0 Å². The number of hydrogen-bond donors (Lipinski definition) is 1. The first kappa shape index (κ1) is 23.6. The Morgan fingerprint density at radius 1 is 1.16 bits per heavy atom.